The van der Waals surface area contributed by atoms with Crippen molar-refractivity contribution in [3.05, 3.63) is 59.6 Å². The van der Waals surface area contributed by atoms with Crippen LogP contribution in [-0.2, 0) is 9.59 Å². The number of benzene rings is 1. The minimum absolute atomic E-state index is 0.0736. The number of furan rings is 1. The molecule has 0 saturated carbocycles. The minimum Gasteiger partial charge on any atom is -0.462 e. The zero-order valence-electron chi connectivity index (χ0n) is 14.7. The van der Waals surface area contributed by atoms with Crippen LogP contribution >= 0.6 is 0 Å². The second kappa shape index (κ2) is 9.22. The van der Waals surface area contributed by atoms with Crippen molar-refractivity contribution in [1.82, 2.24) is 10.9 Å². The van der Waals surface area contributed by atoms with Crippen molar-refractivity contribution in [2.45, 2.75) is 26.7 Å². The lowest BCUT2D eigenvalue weighted by molar-refractivity contribution is -0.117. The molecule has 0 spiro atoms. The van der Waals surface area contributed by atoms with E-state index in [0.29, 0.717) is 23.4 Å². The highest BCUT2D eigenvalue weighted by atomic mass is 16.3. The Bertz CT molecular complexity index is 806. The van der Waals surface area contributed by atoms with Gasteiger partial charge >= 0.3 is 0 Å². The summed E-state index contributed by atoms with van der Waals surface area (Å²) >= 11 is 0. The molecule has 0 fully saturated rings. The van der Waals surface area contributed by atoms with E-state index < -0.39 is 11.8 Å². The molecular weight excluding hydrogens is 334 g/mol. The molecule has 0 bridgehead atoms. The molecule has 0 unspecified atom stereocenters. The minimum atomic E-state index is -0.490. The fraction of sp³-hybridized carbons (Fsp3) is 0.211. The Morgan fingerprint density at radius 2 is 1.77 bits per heavy atom. The van der Waals surface area contributed by atoms with Gasteiger partial charge in [-0.3, -0.25) is 25.2 Å². The SMILES string of the molecule is CCCC(=O)Nc1ccc(C(=O)NNC(=O)C=Cc2ccc(C)o2)cc1. The van der Waals surface area contributed by atoms with Crippen LogP contribution in [0.15, 0.2) is 46.9 Å². The van der Waals surface area contributed by atoms with Gasteiger partial charge in [-0.25, -0.2) is 0 Å². The van der Waals surface area contributed by atoms with Gasteiger partial charge in [0, 0.05) is 23.7 Å². The predicted octanol–water partition coefficient (Wildman–Crippen LogP) is 2.80. The first kappa shape index (κ1) is 19.0. The topological polar surface area (TPSA) is 100 Å². The smallest absolute Gasteiger partial charge is 0.269 e. The van der Waals surface area contributed by atoms with E-state index in [0.717, 1.165) is 12.2 Å². The lowest BCUT2D eigenvalue weighted by atomic mass is 10.2. The third-order valence-corrected chi connectivity index (χ3v) is 3.37. The number of anilines is 1. The molecule has 1 aromatic carbocycles. The highest BCUT2D eigenvalue weighted by Crippen LogP contribution is 2.10. The lowest BCUT2D eigenvalue weighted by Crippen LogP contribution is -2.40. The summed E-state index contributed by atoms with van der Waals surface area (Å²) in [6.07, 6.45) is 3.96. The molecule has 1 heterocycles. The number of hydrogen-bond donors (Lipinski definition) is 3. The number of hydrogen-bond acceptors (Lipinski definition) is 4. The number of nitrogens with one attached hydrogen (secondary N) is 3. The van der Waals surface area contributed by atoms with E-state index in [2.05, 4.69) is 16.2 Å². The Morgan fingerprint density at radius 1 is 1.04 bits per heavy atom. The summed E-state index contributed by atoms with van der Waals surface area (Å²) in [4.78, 5) is 35.2. The van der Waals surface area contributed by atoms with E-state index in [4.69, 9.17) is 4.42 Å². The standard InChI is InChI=1S/C19H21N3O4/c1-3-4-17(23)20-15-8-6-14(7-9-15)19(25)22-21-18(24)12-11-16-10-5-13(2)26-16/h5-12H,3-4H2,1-2H3,(H,20,23)(H,21,24)(H,22,25). The summed E-state index contributed by atoms with van der Waals surface area (Å²) in [7, 11) is 0. The molecule has 2 aromatic rings. The first-order chi connectivity index (χ1) is 12.5. The van der Waals surface area contributed by atoms with Crippen LogP contribution in [0.2, 0.25) is 0 Å². The molecule has 3 N–H and O–H groups in total. The van der Waals surface area contributed by atoms with Crippen LogP contribution in [0.1, 0.15) is 41.6 Å². The average molecular weight is 355 g/mol. The molecule has 7 heteroatoms. The van der Waals surface area contributed by atoms with E-state index in [1.54, 1.807) is 43.3 Å². The molecule has 0 aliphatic carbocycles. The molecule has 7 nitrogen and oxygen atoms in total. The van der Waals surface area contributed by atoms with Gasteiger partial charge in [0.1, 0.15) is 11.5 Å². The quantitative estimate of drug-likeness (QED) is 0.548. The first-order valence-corrected chi connectivity index (χ1v) is 8.22. The molecule has 26 heavy (non-hydrogen) atoms. The third kappa shape index (κ3) is 5.94. The van der Waals surface area contributed by atoms with E-state index in [1.807, 2.05) is 6.92 Å². The normalized spacial score (nSPS) is 10.5. The number of amides is 3. The number of carbonyl (C=O) groups is 3. The zero-order valence-corrected chi connectivity index (χ0v) is 14.7. The first-order valence-electron chi connectivity index (χ1n) is 8.22. The summed E-state index contributed by atoms with van der Waals surface area (Å²) in [5, 5.41) is 2.73. The Labute approximate surface area is 151 Å². The van der Waals surface area contributed by atoms with E-state index in [9.17, 15) is 14.4 Å². The van der Waals surface area contributed by atoms with E-state index in [1.165, 1.54) is 12.2 Å². The molecule has 136 valence electrons. The van der Waals surface area contributed by atoms with Gasteiger partial charge in [0.2, 0.25) is 5.91 Å². The van der Waals surface area contributed by atoms with Crippen LogP contribution in [0.25, 0.3) is 6.08 Å². The maximum absolute atomic E-state index is 12.0. The van der Waals surface area contributed by atoms with Crippen LogP contribution < -0.4 is 16.2 Å². The Hall–Kier alpha value is -3.35. The summed E-state index contributed by atoms with van der Waals surface area (Å²) in [6.45, 7) is 3.73. The van der Waals surface area contributed by atoms with Crippen molar-refractivity contribution >= 4 is 29.5 Å². The number of aryl methyl sites for hydroxylation is 1. The van der Waals surface area contributed by atoms with Gasteiger partial charge in [0.15, 0.2) is 0 Å². The fourth-order valence-corrected chi connectivity index (χ4v) is 2.09. The van der Waals surface area contributed by atoms with Gasteiger partial charge in [-0.2, -0.15) is 0 Å². The second-order valence-electron chi connectivity index (χ2n) is 5.60. The monoisotopic (exact) mass is 355 g/mol. The van der Waals surface area contributed by atoms with Crippen molar-refractivity contribution in [2.75, 3.05) is 5.32 Å². The molecule has 1 aromatic heterocycles. The van der Waals surface area contributed by atoms with Gasteiger partial charge in [-0.05, 0) is 55.8 Å². The van der Waals surface area contributed by atoms with E-state index >= 15 is 0 Å². The maximum Gasteiger partial charge on any atom is 0.269 e. The molecule has 0 atom stereocenters. The van der Waals surface area contributed by atoms with Gasteiger partial charge in [0.05, 0.1) is 0 Å². The highest BCUT2D eigenvalue weighted by Gasteiger charge is 2.07. The van der Waals surface area contributed by atoms with Gasteiger partial charge in [0.25, 0.3) is 11.8 Å². The molecule has 0 aliphatic rings. The zero-order chi connectivity index (χ0) is 18.9. The second-order valence-corrected chi connectivity index (χ2v) is 5.60. The summed E-state index contributed by atoms with van der Waals surface area (Å²) < 4.78 is 5.30. The van der Waals surface area contributed by atoms with Crippen molar-refractivity contribution in [1.29, 1.82) is 0 Å². The number of rotatable bonds is 6. The molecule has 2 rings (SSSR count). The third-order valence-electron chi connectivity index (χ3n) is 3.37. The van der Waals surface area contributed by atoms with Crippen molar-refractivity contribution in [3.63, 3.8) is 0 Å². The molecule has 0 saturated heterocycles. The summed E-state index contributed by atoms with van der Waals surface area (Å²) in [5.41, 5.74) is 5.56. The number of hydrazine groups is 1. The van der Waals surface area contributed by atoms with Crippen LogP contribution in [0.5, 0.6) is 0 Å². The van der Waals surface area contributed by atoms with E-state index in [-0.39, 0.29) is 5.91 Å². The maximum atomic E-state index is 12.0. The molecule has 3 amide bonds. The summed E-state index contributed by atoms with van der Waals surface area (Å²) in [5.74, 6) is 0.260. The molecular formula is C19H21N3O4. The van der Waals surface area contributed by atoms with Gasteiger partial charge in [-0.1, -0.05) is 6.92 Å². The van der Waals surface area contributed by atoms with Crippen LogP contribution in [0.4, 0.5) is 5.69 Å². The summed E-state index contributed by atoms with van der Waals surface area (Å²) in [6, 6.07) is 9.90. The lowest BCUT2D eigenvalue weighted by Gasteiger charge is -2.07. The fourth-order valence-electron chi connectivity index (χ4n) is 2.09. The van der Waals surface area contributed by atoms with Crippen LogP contribution in [0, 0.1) is 6.92 Å². The molecule has 0 radical (unpaired) electrons. The van der Waals surface area contributed by atoms with Crippen LogP contribution in [-0.4, -0.2) is 17.7 Å². The van der Waals surface area contributed by atoms with Crippen molar-refractivity contribution in [3.8, 4) is 0 Å². The predicted molar refractivity (Wildman–Crippen MR) is 98.1 cm³/mol. The average Bonchev–Trinajstić information content (AvgIpc) is 3.04. The van der Waals surface area contributed by atoms with Crippen LogP contribution in [0.3, 0.4) is 0 Å². The Balaban J connectivity index is 1.82. The Kier molecular flexibility index (Phi) is 6.73. The van der Waals surface area contributed by atoms with Gasteiger partial charge < -0.3 is 9.73 Å². The molecule has 0 aliphatic heterocycles. The van der Waals surface area contributed by atoms with Crippen molar-refractivity contribution in [2.24, 2.45) is 0 Å². The van der Waals surface area contributed by atoms with Crippen molar-refractivity contribution < 1.29 is 18.8 Å². The highest BCUT2D eigenvalue weighted by molar-refractivity contribution is 5.98. The Morgan fingerprint density at radius 3 is 2.38 bits per heavy atom. The number of carbonyl (C=O) groups excluding carboxylic acids is 3. The van der Waals surface area contributed by atoms with Gasteiger partial charge in [-0.15, -0.1) is 0 Å². The largest absolute Gasteiger partial charge is 0.462 e.